The molecule has 1 heterocycles. The standard InChI is InChI=1S/C19H27ClFN3/c1-3-16(9-8-15(2)20)14-24-13-5-12-22-19(24)23-18-7-4-6-17(21)10-11-18/h4-7,11-12,15-16H,3,8-10,13-14H2,1-2H3,(H,22,23)/t15-,16?/m1/s1. The monoisotopic (exact) mass is 351 g/mol. The van der Waals surface area contributed by atoms with Crippen molar-refractivity contribution in [2.45, 2.75) is 44.9 Å². The summed E-state index contributed by atoms with van der Waals surface area (Å²) in [6, 6.07) is 0. The van der Waals surface area contributed by atoms with Crippen LogP contribution >= 0.6 is 11.6 Å². The van der Waals surface area contributed by atoms with Gasteiger partial charge in [-0.3, -0.25) is 0 Å². The van der Waals surface area contributed by atoms with Gasteiger partial charge in [0.25, 0.3) is 0 Å². The van der Waals surface area contributed by atoms with E-state index in [4.69, 9.17) is 11.6 Å². The molecule has 1 N–H and O–H groups in total. The molecule has 0 saturated carbocycles. The summed E-state index contributed by atoms with van der Waals surface area (Å²) < 4.78 is 13.3. The van der Waals surface area contributed by atoms with Gasteiger partial charge < -0.3 is 10.2 Å². The molecule has 1 aliphatic carbocycles. The van der Waals surface area contributed by atoms with Crippen molar-refractivity contribution in [2.24, 2.45) is 10.9 Å². The molecule has 0 bridgehead atoms. The number of rotatable bonds is 7. The predicted octanol–water partition coefficient (Wildman–Crippen LogP) is 4.89. The fourth-order valence-corrected chi connectivity index (χ4v) is 2.89. The molecule has 0 saturated heterocycles. The quantitative estimate of drug-likeness (QED) is 0.661. The molecular weight excluding hydrogens is 325 g/mol. The molecule has 0 aromatic heterocycles. The average molecular weight is 352 g/mol. The van der Waals surface area contributed by atoms with Gasteiger partial charge in [0.2, 0.25) is 5.96 Å². The zero-order valence-corrected chi connectivity index (χ0v) is 15.3. The normalized spacial score (nSPS) is 20.0. The summed E-state index contributed by atoms with van der Waals surface area (Å²) in [5, 5.41) is 3.55. The van der Waals surface area contributed by atoms with Crippen LogP contribution in [0.1, 0.15) is 39.5 Å². The minimum atomic E-state index is -0.133. The molecule has 2 aliphatic rings. The van der Waals surface area contributed by atoms with Gasteiger partial charge >= 0.3 is 0 Å². The molecule has 0 aromatic rings. The summed E-state index contributed by atoms with van der Waals surface area (Å²) >= 11 is 6.09. The number of aliphatic imine (C=N–C) groups is 1. The van der Waals surface area contributed by atoms with Crippen molar-refractivity contribution in [2.75, 3.05) is 13.1 Å². The number of hydrogen-bond donors (Lipinski definition) is 1. The number of nitrogens with zero attached hydrogens (tertiary/aromatic N) is 2. The van der Waals surface area contributed by atoms with E-state index in [0.29, 0.717) is 12.3 Å². The van der Waals surface area contributed by atoms with Gasteiger partial charge in [-0.2, -0.15) is 0 Å². The SMILES string of the molecule is CCC(CC[C@@H](C)Cl)CN1CC=CN=C1NC1=CCC(F)=CC=C1. The molecule has 5 heteroatoms. The first-order valence-corrected chi connectivity index (χ1v) is 9.14. The van der Waals surface area contributed by atoms with Crippen molar-refractivity contribution in [3.05, 3.63) is 48.1 Å². The maximum Gasteiger partial charge on any atom is 0.203 e. The largest absolute Gasteiger partial charge is 0.338 e. The Kier molecular flexibility index (Phi) is 7.57. The number of guanidine groups is 1. The Hall–Kier alpha value is -1.55. The third-order valence-electron chi connectivity index (χ3n) is 4.28. The van der Waals surface area contributed by atoms with Crippen molar-refractivity contribution in [3.63, 3.8) is 0 Å². The van der Waals surface area contributed by atoms with Crippen molar-refractivity contribution >= 4 is 17.6 Å². The van der Waals surface area contributed by atoms with Gasteiger partial charge in [-0.25, -0.2) is 9.38 Å². The van der Waals surface area contributed by atoms with Crippen molar-refractivity contribution in [1.82, 2.24) is 10.2 Å². The van der Waals surface area contributed by atoms with Crippen molar-refractivity contribution in [3.8, 4) is 0 Å². The molecule has 1 unspecified atom stereocenters. The lowest BCUT2D eigenvalue weighted by molar-refractivity contribution is 0.323. The van der Waals surface area contributed by atoms with Crippen LogP contribution in [0.3, 0.4) is 0 Å². The highest BCUT2D eigenvalue weighted by molar-refractivity contribution is 6.20. The Morgan fingerprint density at radius 3 is 3.00 bits per heavy atom. The second-order valence-electron chi connectivity index (χ2n) is 6.34. The summed E-state index contributed by atoms with van der Waals surface area (Å²) in [6.45, 7) is 6.05. The van der Waals surface area contributed by atoms with Gasteiger partial charge in [-0.15, -0.1) is 11.6 Å². The molecule has 132 valence electrons. The lowest BCUT2D eigenvalue weighted by Crippen LogP contribution is -2.44. The smallest absolute Gasteiger partial charge is 0.203 e. The van der Waals surface area contributed by atoms with Crippen LogP contribution in [0.25, 0.3) is 0 Å². The highest BCUT2D eigenvalue weighted by Gasteiger charge is 2.18. The van der Waals surface area contributed by atoms with E-state index in [1.165, 1.54) is 6.08 Å². The van der Waals surface area contributed by atoms with E-state index in [1.54, 1.807) is 6.08 Å². The molecule has 24 heavy (non-hydrogen) atoms. The number of nitrogens with one attached hydrogen (secondary N) is 1. The second kappa shape index (κ2) is 9.67. The molecule has 0 amide bonds. The molecule has 2 atom stereocenters. The summed E-state index contributed by atoms with van der Waals surface area (Å²) in [6.07, 6.45) is 14.4. The summed E-state index contributed by atoms with van der Waals surface area (Å²) in [5.41, 5.74) is 0.875. The summed E-state index contributed by atoms with van der Waals surface area (Å²) in [5.74, 6) is 1.28. The molecule has 1 aliphatic heterocycles. The minimum absolute atomic E-state index is 0.133. The Morgan fingerprint density at radius 1 is 1.42 bits per heavy atom. The highest BCUT2D eigenvalue weighted by atomic mass is 35.5. The zero-order chi connectivity index (χ0) is 17.4. The van der Waals surface area contributed by atoms with E-state index < -0.39 is 0 Å². The maximum atomic E-state index is 13.3. The van der Waals surface area contributed by atoms with Crippen LogP contribution in [-0.4, -0.2) is 29.3 Å². The van der Waals surface area contributed by atoms with Crippen LogP contribution in [0.15, 0.2) is 53.1 Å². The topological polar surface area (TPSA) is 27.6 Å². The number of halogens is 2. The van der Waals surface area contributed by atoms with E-state index >= 15 is 0 Å². The van der Waals surface area contributed by atoms with Gasteiger partial charge in [0.1, 0.15) is 5.83 Å². The molecule has 2 rings (SSSR count). The minimum Gasteiger partial charge on any atom is -0.338 e. The first-order valence-electron chi connectivity index (χ1n) is 8.70. The number of alkyl halides is 1. The molecular formula is C19H27ClFN3. The number of hydrogen-bond acceptors (Lipinski definition) is 3. The summed E-state index contributed by atoms with van der Waals surface area (Å²) in [7, 11) is 0. The third kappa shape index (κ3) is 6.16. The van der Waals surface area contributed by atoms with Crippen molar-refractivity contribution in [1.29, 1.82) is 0 Å². The van der Waals surface area contributed by atoms with E-state index in [0.717, 1.165) is 44.0 Å². The maximum absolute atomic E-state index is 13.3. The summed E-state index contributed by atoms with van der Waals surface area (Å²) in [4.78, 5) is 6.72. The molecule has 0 spiro atoms. The second-order valence-corrected chi connectivity index (χ2v) is 7.08. The molecule has 3 nitrogen and oxygen atoms in total. The molecule has 0 aromatic carbocycles. The van der Waals surface area contributed by atoms with Gasteiger partial charge in [0.15, 0.2) is 0 Å². The van der Waals surface area contributed by atoms with Crippen LogP contribution in [0.5, 0.6) is 0 Å². The van der Waals surface area contributed by atoms with Crippen molar-refractivity contribution < 1.29 is 4.39 Å². The van der Waals surface area contributed by atoms with Gasteiger partial charge in [0.05, 0.1) is 0 Å². The molecule has 0 fully saturated rings. The van der Waals surface area contributed by atoms with E-state index in [-0.39, 0.29) is 11.2 Å². The first kappa shape index (κ1) is 18.8. The predicted molar refractivity (Wildman–Crippen MR) is 101 cm³/mol. The highest BCUT2D eigenvalue weighted by Crippen LogP contribution is 2.18. The Labute approximate surface area is 149 Å². The first-order chi connectivity index (χ1) is 11.6. The average Bonchev–Trinajstić information content (AvgIpc) is 2.77. The van der Waals surface area contributed by atoms with E-state index in [2.05, 4.69) is 28.2 Å². The lowest BCUT2D eigenvalue weighted by atomic mass is 9.98. The van der Waals surface area contributed by atoms with Crippen LogP contribution in [0.4, 0.5) is 4.39 Å². The van der Waals surface area contributed by atoms with E-state index in [9.17, 15) is 4.39 Å². The fourth-order valence-electron chi connectivity index (χ4n) is 2.76. The Morgan fingerprint density at radius 2 is 2.25 bits per heavy atom. The fraction of sp³-hybridized carbons (Fsp3) is 0.526. The molecule has 0 radical (unpaired) electrons. The van der Waals surface area contributed by atoms with Gasteiger partial charge in [-0.05, 0) is 43.9 Å². The Bertz CT molecular complexity index is 561. The van der Waals surface area contributed by atoms with Crippen LogP contribution in [0.2, 0.25) is 0 Å². The lowest BCUT2D eigenvalue weighted by Gasteiger charge is -2.31. The third-order valence-corrected chi connectivity index (χ3v) is 4.50. The van der Waals surface area contributed by atoms with Gasteiger partial charge in [-0.1, -0.05) is 25.5 Å². The van der Waals surface area contributed by atoms with Crippen LogP contribution < -0.4 is 5.32 Å². The van der Waals surface area contributed by atoms with Crippen LogP contribution in [0, 0.1) is 5.92 Å². The van der Waals surface area contributed by atoms with E-state index in [1.807, 2.05) is 25.3 Å². The van der Waals surface area contributed by atoms with Crippen LogP contribution in [-0.2, 0) is 0 Å². The zero-order valence-electron chi connectivity index (χ0n) is 14.5. The number of allylic oxidation sites excluding steroid dienone is 5. The Balaban J connectivity index is 1.97. The van der Waals surface area contributed by atoms with Gasteiger partial charge in [0, 0.05) is 36.8 Å².